The average molecular weight is 312 g/mol. The van der Waals surface area contributed by atoms with Crippen LogP contribution in [0.25, 0.3) is 0 Å². The van der Waals surface area contributed by atoms with Gasteiger partial charge in [-0.1, -0.05) is 0 Å². The number of hydrogen-bond acceptors (Lipinski definition) is 6. The number of alkyl carbamates (subject to hydrolysis) is 1. The molecule has 8 heteroatoms. The summed E-state index contributed by atoms with van der Waals surface area (Å²) in [6.07, 6.45) is 0.801. The average Bonchev–Trinajstić information content (AvgIpc) is 2.63. The van der Waals surface area contributed by atoms with Crippen molar-refractivity contribution in [2.24, 2.45) is 0 Å². The van der Waals surface area contributed by atoms with Crippen molar-refractivity contribution in [2.75, 3.05) is 0 Å². The molecule has 0 spiro atoms. The van der Waals surface area contributed by atoms with Gasteiger partial charge in [0, 0.05) is 12.8 Å². The molecule has 0 aromatic heterocycles. The standard InChI is InChI=1S/C14H20N2O6/c1-13(2,3)21-12(20)15-14(7-4-8-14)11(19)22-16-9(17)5-6-10(16)18/h4-8H2,1-3H3,(H,15,20). The van der Waals surface area contributed by atoms with E-state index in [1.165, 1.54) is 0 Å². The Morgan fingerprint density at radius 3 is 2.09 bits per heavy atom. The Hall–Kier alpha value is -2.12. The van der Waals surface area contributed by atoms with Crippen molar-refractivity contribution < 1.29 is 28.8 Å². The third kappa shape index (κ3) is 3.37. The Balaban J connectivity index is 2.00. The van der Waals surface area contributed by atoms with E-state index in [-0.39, 0.29) is 12.8 Å². The highest BCUT2D eigenvalue weighted by molar-refractivity contribution is 6.02. The molecule has 2 rings (SSSR count). The molecule has 1 heterocycles. The molecule has 2 aliphatic rings. The van der Waals surface area contributed by atoms with Gasteiger partial charge in [-0.2, -0.15) is 0 Å². The first-order valence-corrected chi connectivity index (χ1v) is 7.22. The maximum Gasteiger partial charge on any atom is 0.408 e. The van der Waals surface area contributed by atoms with Crippen molar-refractivity contribution in [1.82, 2.24) is 10.4 Å². The van der Waals surface area contributed by atoms with Crippen molar-refractivity contribution >= 4 is 23.9 Å². The molecular formula is C14H20N2O6. The third-order valence-electron chi connectivity index (χ3n) is 3.52. The summed E-state index contributed by atoms with van der Waals surface area (Å²) in [4.78, 5) is 52.0. The van der Waals surface area contributed by atoms with Crippen LogP contribution in [-0.2, 0) is 24.0 Å². The molecule has 0 bridgehead atoms. The molecule has 122 valence electrons. The zero-order valence-corrected chi connectivity index (χ0v) is 12.9. The van der Waals surface area contributed by atoms with Gasteiger partial charge in [0.15, 0.2) is 0 Å². The minimum atomic E-state index is -1.23. The van der Waals surface area contributed by atoms with Crippen LogP contribution in [0.2, 0.25) is 0 Å². The number of carbonyl (C=O) groups excluding carboxylic acids is 4. The van der Waals surface area contributed by atoms with E-state index < -0.39 is 35.0 Å². The Morgan fingerprint density at radius 2 is 1.68 bits per heavy atom. The molecule has 1 N–H and O–H groups in total. The van der Waals surface area contributed by atoms with Gasteiger partial charge in [-0.3, -0.25) is 9.59 Å². The third-order valence-corrected chi connectivity index (χ3v) is 3.52. The van der Waals surface area contributed by atoms with E-state index in [0.717, 1.165) is 6.42 Å². The van der Waals surface area contributed by atoms with Crippen molar-refractivity contribution in [3.63, 3.8) is 0 Å². The normalized spacial score (nSPS) is 20.4. The van der Waals surface area contributed by atoms with E-state index in [4.69, 9.17) is 9.57 Å². The van der Waals surface area contributed by atoms with E-state index in [9.17, 15) is 19.2 Å². The van der Waals surface area contributed by atoms with Gasteiger partial charge in [-0.25, -0.2) is 9.59 Å². The van der Waals surface area contributed by atoms with Crippen LogP contribution in [0.4, 0.5) is 4.79 Å². The monoisotopic (exact) mass is 312 g/mol. The number of hydroxylamine groups is 2. The number of ether oxygens (including phenoxy) is 1. The topological polar surface area (TPSA) is 102 Å². The second kappa shape index (κ2) is 5.58. The van der Waals surface area contributed by atoms with Crippen LogP contribution in [0.3, 0.4) is 0 Å². The smallest absolute Gasteiger partial charge is 0.408 e. The quantitative estimate of drug-likeness (QED) is 0.781. The van der Waals surface area contributed by atoms with Crippen molar-refractivity contribution in [3.8, 4) is 0 Å². The highest BCUT2D eigenvalue weighted by Crippen LogP contribution is 2.34. The second-order valence-electron chi connectivity index (χ2n) is 6.52. The van der Waals surface area contributed by atoms with Crippen molar-refractivity contribution in [2.45, 2.75) is 64.0 Å². The number of hydrogen-bond donors (Lipinski definition) is 1. The summed E-state index contributed by atoms with van der Waals surface area (Å²) in [7, 11) is 0. The van der Waals surface area contributed by atoms with Crippen molar-refractivity contribution in [1.29, 1.82) is 0 Å². The van der Waals surface area contributed by atoms with E-state index in [1.54, 1.807) is 20.8 Å². The Morgan fingerprint density at radius 1 is 1.14 bits per heavy atom. The maximum atomic E-state index is 12.3. The molecule has 0 atom stereocenters. The predicted octanol–water partition coefficient (Wildman–Crippen LogP) is 1.04. The molecular weight excluding hydrogens is 292 g/mol. The van der Waals surface area contributed by atoms with Gasteiger partial charge in [0.25, 0.3) is 11.8 Å². The van der Waals surface area contributed by atoms with Crippen LogP contribution < -0.4 is 5.32 Å². The van der Waals surface area contributed by atoms with Gasteiger partial charge >= 0.3 is 12.1 Å². The number of carbonyl (C=O) groups is 4. The summed E-state index contributed by atoms with van der Waals surface area (Å²) >= 11 is 0. The minimum Gasteiger partial charge on any atom is -0.444 e. The lowest BCUT2D eigenvalue weighted by atomic mass is 9.77. The Labute approximate surface area is 128 Å². The lowest BCUT2D eigenvalue weighted by Gasteiger charge is -2.40. The van der Waals surface area contributed by atoms with Crippen LogP contribution >= 0.6 is 0 Å². The Bertz CT molecular complexity index is 502. The molecule has 1 aliphatic heterocycles. The molecule has 0 unspecified atom stereocenters. The molecule has 0 aromatic carbocycles. The molecule has 1 saturated heterocycles. The highest BCUT2D eigenvalue weighted by atomic mass is 16.7. The summed E-state index contributed by atoms with van der Waals surface area (Å²) in [5.41, 5.74) is -1.93. The lowest BCUT2D eigenvalue weighted by molar-refractivity contribution is -0.204. The first kappa shape index (κ1) is 16.3. The molecule has 2 fully saturated rings. The van der Waals surface area contributed by atoms with Crippen LogP contribution in [0.15, 0.2) is 0 Å². The SMILES string of the molecule is CC(C)(C)OC(=O)NC1(C(=O)ON2C(=O)CCC2=O)CCC1. The van der Waals surface area contributed by atoms with E-state index in [0.29, 0.717) is 17.9 Å². The van der Waals surface area contributed by atoms with Crippen LogP contribution in [0.5, 0.6) is 0 Å². The summed E-state index contributed by atoms with van der Waals surface area (Å²) in [5.74, 6) is -1.91. The number of imide groups is 1. The predicted molar refractivity (Wildman–Crippen MR) is 73.1 cm³/mol. The number of nitrogens with zero attached hydrogens (tertiary/aromatic N) is 1. The van der Waals surface area contributed by atoms with Crippen LogP contribution in [0.1, 0.15) is 52.9 Å². The van der Waals surface area contributed by atoms with Gasteiger partial charge in [0.05, 0.1) is 0 Å². The first-order chi connectivity index (χ1) is 10.1. The van der Waals surface area contributed by atoms with Crippen LogP contribution in [-0.4, -0.2) is 40.1 Å². The minimum absolute atomic E-state index is 0.0264. The van der Waals surface area contributed by atoms with Gasteiger partial charge in [0.1, 0.15) is 11.1 Å². The summed E-state index contributed by atoms with van der Waals surface area (Å²) in [6, 6.07) is 0. The second-order valence-corrected chi connectivity index (χ2v) is 6.52. The summed E-state index contributed by atoms with van der Waals surface area (Å²) in [6.45, 7) is 5.12. The van der Waals surface area contributed by atoms with Gasteiger partial charge in [-0.05, 0) is 40.0 Å². The van der Waals surface area contributed by atoms with Crippen molar-refractivity contribution in [3.05, 3.63) is 0 Å². The maximum absolute atomic E-state index is 12.3. The molecule has 22 heavy (non-hydrogen) atoms. The Kier molecular flexibility index (Phi) is 4.12. The van der Waals surface area contributed by atoms with E-state index >= 15 is 0 Å². The van der Waals surface area contributed by atoms with E-state index in [1.807, 2.05) is 0 Å². The zero-order valence-electron chi connectivity index (χ0n) is 12.9. The molecule has 1 saturated carbocycles. The fourth-order valence-electron chi connectivity index (χ4n) is 2.24. The fourth-order valence-corrected chi connectivity index (χ4v) is 2.24. The summed E-state index contributed by atoms with van der Waals surface area (Å²) in [5, 5.41) is 2.99. The number of amides is 3. The lowest BCUT2D eigenvalue weighted by Crippen LogP contribution is -2.61. The van der Waals surface area contributed by atoms with Crippen LogP contribution in [0, 0.1) is 0 Å². The summed E-state index contributed by atoms with van der Waals surface area (Å²) < 4.78 is 5.13. The largest absolute Gasteiger partial charge is 0.444 e. The molecule has 8 nitrogen and oxygen atoms in total. The van der Waals surface area contributed by atoms with Gasteiger partial charge in [-0.15, -0.1) is 5.06 Å². The zero-order chi connectivity index (χ0) is 16.5. The first-order valence-electron chi connectivity index (χ1n) is 7.22. The van der Waals surface area contributed by atoms with E-state index in [2.05, 4.69) is 5.32 Å². The number of rotatable bonds is 3. The van der Waals surface area contributed by atoms with Gasteiger partial charge < -0.3 is 14.9 Å². The molecule has 0 radical (unpaired) electrons. The molecule has 3 amide bonds. The van der Waals surface area contributed by atoms with Gasteiger partial charge in [0.2, 0.25) is 0 Å². The molecule has 0 aromatic rings. The molecule has 1 aliphatic carbocycles. The number of nitrogens with one attached hydrogen (secondary N) is 1. The fraction of sp³-hybridized carbons (Fsp3) is 0.714. The highest BCUT2D eigenvalue weighted by Gasteiger charge is 2.50.